The Hall–Kier alpha value is -1.86. The molecule has 0 fully saturated rings. The van der Waals surface area contributed by atoms with Crippen LogP contribution in [0.4, 0.5) is 0 Å². The average molecular weight is 323 g/mol. The van der Waals surface area contributed by atoms with E-state index in [0.29, 0.717) is 18.9 Å². The Labute approximate surface area is 131 Å². The molecule has 2 aromatic rings. The summed E-state index contributed by atoms with van der Waals surface area (Å²) in [6.45, 7) is 4.91. The maximum atomic E-state index is 12.3. The van der Waals surface area contributed by atoms with E-state index >= 15 is 0 Å². The molecule has 1 aromatic carbocycles. The molecule has 0 saturated carbocycles. The van der Waals surface area contributed by atoms with E-state index in [9.17, 15) is 8.42 Å². The molecule has 0 aliphatic heterocycles. The van der Waals surface area contributed by atoms with Crippen molar-refractivity contribution < 1.29 is 13.2 Å². The van der Waals surface area contributed by atoms with Gasteiger partial charge in [-0.15, -0.1) is 0 Å². The minimum Gasteiger partial charge on any atom is -0.494 e. The fourth-order valence-electron chi connectivity index (χ4n) is 1.99. The molecule has 0 spiro atoms. The van der Waals surface area contributed by atoms with E-state index < -0.39 is 10.0 Å². The van der Waals surface area contributed by atoms with Crippen LogP contribution < -0.4 is 9.46 Å². The van der Waals surface area contributed by atoms with Crippen molar-refractivity contribution in [2.75, 3.05) is 6.61 Å². The van der Waals surface area contributed by atoms with E-state index in [1.54, 1.807) is 54.3 Å². The van der Waals surface area contributed by atoms with Crippen LogP contribution in [0.3, 0.4) is 0 Å². The fourth-order valence-corrected chi connectivity index (χ4v) is 3.23. The van der Waals surface area contributed by atoms with Gasteiger partial charge in [-0.1, -0.05) is 6.92 Å². The molecule has 0 aliphatic carbocycles. The number of nitrogens with zero attached hydrogens (tertiary/aromatic N) is 2. The van der Waals surface area contributed by atoms with Gasteiger partial charge in [0.25, 0.3) is 0 Å². The van der Waals surface area contributed by atoms with E-state index in [0.717, 1.165) is 6.42 Å². The number of hydrogen-bond acceptors (Lipinski definition) is 4. The molecule has 1 unspecified atom stereocenters. The van der Waals surface area contributed by atoms with Crippen molar-refractivity contribution in [2.45, 2.75) is 37.8 Å². The molecule has 0 bridgehead atoms. The first-order valence-corrected chi connectivity index (χ1v) is 8.72. The molecule has 120 valence electrons. The highest BCUT2D eigenvalue weighted by Crippen LogP contribution is 2.16. The zero-order valence-electron chi connectivity index (χ0n) is 12.8. The standard InChI is InChI=1S/C15H21N3O3S/c1-3-11-21-14-5-7-15(8-6-14)22(19,20)17-13(2)12-18-10-4-9-16-18/h4-10,13,17H,3,11-12H2,1-2H3. The molecule has 1 atom stereocenters. The zero-order chi connectivity index (χ0) is 16.0. The highest BCUT2D eigenvalue weighted by atomic mass is 32.2. The van der Waals surface area contributed by atoms with Crippen LogP contribution in [0.1, 0.15) is 20.3 Å². The number of sulfonamides is 1. The third-order valence-electron chi connectivity index (χ3n) is 2.98. The van der Waals surface area contributed by atoms with Crippen molar-refractivity contribution in [1.82, 2.24) is 14.5 Å². The second-order valence-corrected chi connectivity index (χ2v) is 6.78. The summed E-state index contributed by atoms with van der Waals surface area (Å²) in [5.41, 5.74) is 0. The van der Waals surface area contributed by atoms with Crippen LogP contribution in [0.25, 0.3) is 0 Å². The van der Waals surface area contributed by atoms with Gasteiger partial charge in [0.2, 0.25) is 10.0 Å². The lowest BCUT2D eigenvalue weighted by Crippen LogP contribution is -2.35. The van der Waals surface area contributed by atoms with Crippen molar-refractivity contribution in [3.05, 3.63) is 42.7 Å². The highest BCUT2D eigenvalue weighted by molar-refractivity contribution is 7.89. The quantitative estimate of drug-likeness (QED) is 0.807. The van der Waals surface area contributed by atoms with Gasteiger partial charge in [0.15, 0.2) is 0 Å². The smallest absolute Gasteiger partial charge is 0.240 e. The monoisotopic (exact) mass is 323 g/mol. The Bertz CT molecular complexity index is 667. The topological polar surface area (TPSA) is 73.2 Å². The van der Waals surface area contributed by atoms with Crippen LogP contribution in [-0.4, -0.2) is 30.8 Å². The predicted molar refractivity (Wildman–Crippen MR) is 84.2 cm³/mol. The molecule has 0 aliphatic rings. The van der Waals surface area contributed by atoms with Gasteiger partial charge in [0.1, 0.15) is 5.75 Å². The minimum absolute atomic E-state index is 0.226. The summed E-state index contributed by atoms with van der Waals surface area (Å²) >= 11 is 0. The number of nitrogens with one attached hydrogen (secondary N) is 1. The molecule has 22 heavy (non-hydrogen) atoms. The first kappa shape index (κ1) is 16.5. The summed E-state index contributed by atoms with van der Waals surface area (Å²) < 4.78 is 34.4. The van der Waals surface area contributed by atoms with Crippen molar-refractivity contribution in [2.24, 2.45) is 0 Å². The van der Waals surface area contributed by atoms with Gasteiger partial charge < -0.3 is 4.74 Å². The molecular weight excluding hydrogens is 302 g/mol. The lowest BCUT2D eigenvalue weighted by atomic mass is 10.3. The van der Waals surface area contributed by atoms with E-state index in [2.05, 4.69) is 9.82 Å². The van der Waals surface area contributed by atoms with Gasteiger partial charge in [0.05, 0.1) is 18.0 Å². The summed E-state index contributed by atoms with van der Waals surface area (Å²) in [7, 11) is -3.55. The molecule has 0 amide bonds. The summed E-state index contributed by atoms with van der Waals surface area (Å²) in [6, 6.07) is 7.98. The maximum absolute atomic E-state index is 12.3. The lowest BCUT2D eigenvalue weighted by Gasteiger charge is -2.14. The average Bonchev–Trinajstić information content (AvgIpc) is 2.97. The molecule has 0 radical (unpaired) electrons. The predicted octanol–water partition coefficient (Wildman–Crippen LogP) is 2.04. The first-order valence-electron chi connectivity index (χ1n) is 7.24. The summed E-state index contributed by atoms with van der Waals surface area (Å²) in [5, 5.41) is 4.06. The van der Waals surface area contributed by atoms with Crippen LogP contribution in [0, 0.1) is 0 Å². The Morgan fingerprint density at radius 1 is 1.32 bits per heavy atom. The summed E-state index contributed by atoms with van der Waals surface area (Å²) in [6.07, 6.45) is 4.37. The van der Waals surface area contributed by atoms with Gasteiger partial charge in [-0.05, 0) is 43.7 Å². The van der Waals surface area contributed by atoms with Gasteiger partial charge in [0, 0.05) is 18.4 Å². The molecule has 0 saturated heterocycles. The number of benzene rings is 1. The summed E-state index contributed by atoms with van der Waals surface area (Å²) in [4.78, 5) is 0.226. The number of ether oxygens (including phenoxy) is 1. The van der Waals surface area contributed by atoms with Crippen molar-refractivity contribution >= 4 is 10.0 Å². The Kier molecular flexibility index (Phi) is 5.57. The van der Waals surface area contributed by atoms with Crippen LogP contribution in [0.15, 0.2) is 47.6 Å². The van der Waals surface area contributed by atoms with E-state index in [1.807, 2.05) is 6.92 Å². The Morgan fingerprint density at radius 3 is 2.64 bits per heavy atom. The highest BCUT2D eigenvalue weighted by Gasteiger charge is 2.17. The van der Waals surface area contributed by atoms with E-state index in [-0.39, 0.29) is 10.9 Å². The van der Waals surface area contributed by atoms with Crippen LogP contribution in [-0.2, 0) is 16.6 Å². The molecule has 6 nitrogen and oxygen atoms in total. The second kappa shape index (κ2) is 7.42. The third kappa shape index (κ3) is 4.57. The molecular formula is C15H21N3O3S. The van der Waals surface area contributed by atoms with Gasteiger partial charge in [-0.2, -0.15) is 5.10 Å². The fraction of sp³-hybridized carbons (Fsp3) is 0.400. The van der Waals surface area contributed by atoms with E-state index in [1.165, 1.54) is 0 Å². The normalized spacial score (nSPS) is 13.0. The van der Waals surface area contributed by atoms with Crippen molar-refractivity contribution in [3.63, 3.8) is 0 Å². The Morgan fingerprint density at radius 2 is 2.05 bits per heavy atom. The molecule has 1 heterocycles. The van der Waals surface area contributed by atoms with Crippen molar-refractivity contribution in [3.8, 4) is 5.75 Å². The van der Waals surface area contributed by atoms with E-state index in [4.69, 9.17) is 4.74 Å². The van der Waals surface area contributed by atoms with Gasteiger partial charge >= 0.3 is 0 Å². The molecule has 2 rings (SSSR count). The molecule has 1 aromatic heterocycles. The number of rotatable bonds is 8. The zero-order valence-corrected chi connectivity index (χ0v) is 13.6. The second-order valence-electron chi connectivity index (χ2n) is 5.07. The van der Waals surface area contributed by atoms with Gasteiger partial charge in [-0.3, -0.25) is 4.68 Å². The van der Waals surface area contributed by atoms with Crippen LogP contribution in [0.2, 0.25) is 0 Å². The largest absolute Gasteiger partial charge is 0.494 e. The minimum atomic E-state index is -3.55. The van der Waals surface area contributed by atoms with Crippen LogP contribution >= 0.6 is 0 Å². The Balaban J connectivity index is 2.00. The van der Waals surface area contributed by atoms with Gasteiger partial charge in [-0.25, -0.2) is 13.1 Å². The lowest BCUT2D eigenvalue weighted by molar-refractivity contribution is 0.317. The number of aromatic nitrogens is 2. The van der Waals surface area contributed by atoms with Crippen LogP contribution in [0.5, 0.6) is 5.75 Å². The molecule has 1 N–H and O–H groups in total. The summed E-state index contributed by atoms with van der Waals surface area (Å²) in [5.74, 6) is 0.672. The maximum Gasteiger partial charge on any atom is 0.240 e. The van der Waals surface area contributed by atoms with Crippen molar-refractivity contribution in [1.29, 1.82) is 0 Å². The molecule has 7 heteroatoms. The SMILES string of the molecule is CCCOc1ccc(S(=O)(=O)NC(C)Cn2cccn2)cc1. The third-order valence-corrected chi connectivity index (χ3v) is 4.59. The first-order chi connectivity index (χ1) is 10.5. The number of hydrogen-bond donors (Lipinski definition) is 1.